The van der Waals surface area contributed by atoms with E-state index in [1.165, 1.54) is 12.2 Å². The molecule has 0 aromatic heterocycles. The number of carbonyl (C=O) groups excluding carboxylic acids is 7. The molecule has 0 radical (unpaired) electrons. The number of hydrogen-bond donors (Lipinski definition) is 8. The van der Waals surface area contributed by atoms with E-state index in [1.54, 1.807) is 13.8 Å². The molecule has 4 amide bonds. The van der Waals surface area contributed by atoms with E-state index in [2.05, 4.69) is 10.6 Å². The van der Waals surface area contributed by atoms with Crippen molar-refractivity contribution in [2.75, 3.05) is 59.3 Å². The maximum atomic E-state index is 13.5. The van der Waals surface area contributed by atoms with Gasteiger partial charge in [0.1, 0.15) is 41.8 Å². The van der Waals surface area contributed by atoms with Gasteiger partial charge in [0.15, 0.2) is 18.4 Å². The lowest BCUT2D eigenvalue weighted by Gasteiger charge is -2.40. The van der Waals surface area contributed by atoms with Crippen LogP contribution in [0.2, 0.25) is 0 Å². The van der Waals surface area contributed by atoms with Crippen LogP contribution in [-0.4, -0.2) is 191 Å². The monoisotopic (exact) mass is 1100 g/mol. The molecule has 2 saturated heterocycles. The minimum absolute atomic E-state index is 0.0484. The van der Waals surface area contributed by atoms with Crippen LogP contribution in [0.4, 0.5) is 0 Å². The average Bonchev–Trinajstić information content (AvgIpc) is 4.03. The number of unbranched alkanes of at least 4 members (excludes halogenated alkanes) is 5. The van der Waals surface area contributed by atoms with Gasteiger partial charge in [0.05, 0.1) is 38.6 Å². The van der Waals surface area contributed by atoms with Gasteiger partial charge in [0, 0.05) is 121 Å². The molecule has 77 heavy (non-hydrogen) atoms. The number of aliphatic hydroxyl groups is 6. The van der Waals surface area contributed by atoms with Crippen molar-refractivity contribution in [3.63, 3.8) is 0 Å². The topological polar surface area (TPSA) is 324 Å². The van der Waals surface area contributed by atoms with E-state index in [0.717, 1.165) is 37.0 Å². The third-order valence-electron chi connectivity index (χ3n) is 15.0. The molecule has 0 aromatic carbocycles. The molecule has 440 valence electrons. The highest BCUT2D eigenvalue weighted by Crippen LogP contribution is 2.35. The zero-order chi connectivity index (χ0) is 56.2. The second kappa shape index (κ2) is 35.9. The average molecular weight is 1100 g/mol. The molecule has 4 rings (SSSR count). The van der Waals surface area contributed by atoms with Crippen molar-refractivity contribution in [2.45, 2.75) is 217 Å². The van der Waals surface area contributed by atoms with Crippen LogP contribution in [0, 0.1) is 17.8 Å². The van der Waals surface area contributed by atoms with Crippen LogP contribution in [0.1, 0.15) is 162 Å². The Morgan fingerprint density at radius 2 is 1.08 bits per heavy atom. The molecule has 0 aromatic rings. The van der Waals surface area contributed by atoms with Crippen LogP contribution >= 0.6 is 0 Å². The van der Waals surface area contributed by atoms with E-state index >= 15 is 0 Å². The summed E-state index contributed by atoms with van der Waals surface area (Å²) in [5.41, 5.74) is 0. The Morgan fingerprint density at radius 3 is 1.64 bits per heavy atom. The summed E-state index contributed by atoms with van der Waals surface area (Å²) < 4.78 is 35.0. The van der Waals surface area contributed by atoms with Gasteiger partial charge in [-0.15, -0.1) is 0 Å². The Bertz CT molecular complexity index is 1830. The van der Waals surface area contributed by atoms with Crippen molar-refractivity contribution >= 4 is 41.0 Å². The lowest BCUT2D eigenvalue weighted by atomic mass is 9.92. The summed E-state index contributed by atoms with van der Waals surface area (Å²) >= 11 is 0. The third kappa shape index (κ3) is 23.2. The standard InChI is InChI=1S/C55H91N3O19/c1-37-48(67)50(69)43(35-59)76-53(37)72-30-12-6-18-42(63)34-39(16-5-11-27-56-45(64)21-7-13-31-73-54-38(2)49(68)51(70)44(36-60)77-54)52(71)57-28-10-3-4-17-40(61)19-14-32-74-55(25-8-9-26-55)75-33-15-20-41(62)24-29-58-46(65)22-23-47(58)66/h22-23,37-39,43-44,48-51,53-54,59-60,67-70H,3-21,24-36H2,1-2H3,(H,56,64)(H,57,71)/t37-,38?,39+,43?,44?,48?,49-,50-,51?,53+,54+/m0/s1. The van der Waals surface area contributed by atoms with Crippen molar-refractivity contribution in [3.05, 3.63) is 12.2 Å². The zero-order valence-electron chi connectivity index (χ0n) is 45.6. The second-order valence-electron chi connectivity index (χ2n) is 21.2. The maximum Gasteiger partial charge on any atom is 0.253 e. The van der Waals surface area contributed by atoms with Crippen LogP contribution in [0.15, 0.2) is 12.2 Å². The van der Waals surface area contributed by atoms with Gasteiger partial charge >= 0.3 is 0 Å². The second-order valence-corrected chi connectivity index (χ2v) is 21.2. The van der Waals surface area contributed by atoms with Gasteiger partial charge in [-0.1, -0.05) is 26.7 Å². The van der Waals surface area contributed by atoms with Crippen molar-refractivity contribution < 1.29 is 92.6 Å². The fourth-order valence-corrected chi connectivity index (χ4v) is 9.98. The minimum atomic E-state index is -1.23. The molecule has 3 aliphatic heterocycles. The molecule has 1 aliphatic carbocycles. The SMILES string of the molecule is CC1[C@H](OCCCCC(=O)NCCCC[C@H](CC(=O)CCCCO[C@@H]2OC(CO)[C@H](O)C(O)[C@@H]2C)C(=O)NCCCCCC(=O)CCCOC2(OCCCC(=O)CCN3C(=O)C=CC3=O)CCCC2)OC(CO)C(O)[C@H]1O. The lowest BCUT2D eigenvalue weighted by Crippen LogP contribution is -2.55. The van der Waals surface area contributed by atoms with E-state index in [1.807, 2.05) is 0 Å². The van der Waals surface area contributed by atoms with Gasteiger partial charge in [-0.2, -0.15) is 0 Å². The fourth-order valence-electron chi connectivity index (χ4n) is 9.98. The number of imide groups is 1. The number of rotatable bonds is 41. The van der Waals surface area contributed by atoms with Gasteiger partial charge in [-0.25, -0.2) is 0 Å². The molecule has 3 heterocycles. The lowest BCUT2D eigenvalue weighted by molar-refractivity contribution is -0.282. The van der Waals surface area contributed by atoms with E-state index in [9.17, 15) is 64.2 Å². The maximum absolute atomic E-state index is 13.5. The highest BCUT2D eigenvalue weighted by molar-refractivity contribution is 6.13. The summed E-state index contributed by atoms with van der Waals surface area (Å²) in [5.74, 6) is -3.48. The number of ether oxygens (including phenoxy) is 6. The van der Waals surface area contributed by atoms with Gasteiger partial charge in [0.2, 0.25) is 11.8 Å². The molecular weight excluding hydrogens is 1010 g/mol. The van der Waals surface area contributed by atoms with Crippen LogP contribution < -0.4 is 10.6 Å². The zero-order valence-corrected chi connectivity index (χ0v) is 45.6. The fraction of sp³-hybridized carbons (Fsp3) is 0.836. The number of nitrogens with one attached hydrogen (secondary N) is 2. The first-order valence-corrected chi connectivity index (χ1v) is 28.4. The van der Waals surface area contributed by atoms with Crippen molar-refractivity contribution in [2.24, 2.45) is 17.8 Å². The number of aliphatic hydroxyl groups excluding tert-OH is 6. The summed E-state index contributed by atoms with van der Waals surface area (Å²) in [5, 5.41) is 65.5. The normalized spacial score (nSPS) is 26.5. The molecule has 22 nitrogen and oxygen atoms in total. The highest BCUT2D eigenvalue weighted by atomic mass is 16.7. The molecule has 22 heteroatoms. The number of hydrogen-bond acceptors (Lipinski definition) is 19. The predicted octanol–water partition coefficient (Wildman–Crippen LogP) is 2.37. The smallest absolute Gasteiger partial charge is 0.253 e. The van der Waals surface area contributed by atoms with E-state index in [-0.39, 0.29) is 81.0 Å². The number of amides is 4. The number of Topliss-reactive ketones (excluding diaryl/α,β-unsaturated/α-hetero) is 3. The van der Waals surface area contributed by atoms with Gasteiger partial charge in [-0.05, 0) is 77.0 Å². The van der Waals surface area contributed by atoms with Gasteiger partial charge < -0.3 is 69.7 Å². The molecule has 8 N–H and O–H groups in total. The quantitative estimate of drug-likeness (QED) is 0.0248. The minimum Gasteiger partial charge on any atom is -0.394 e. The Hall–Kier alpha value is -3.65. The van der Waals surface area contributed by atoms with Crippen LogP contribution in [0.5, 0.6) is 0 Å². The number of nitrogens with zero attached hydrogens (tertiary/aromatic N) is 1. The van der Waals surface area contributed by atoms with E-state index in [0.29, 0.717) is 110 Å². The summed E-state index contributed by atoms with van der Waals surface area (Å²) in [7, 11) is 0. The number of carbonyl (C=O) groups is 7. The molecule has 5 unspecified atom stereocenters. The molecular formula is C55H91N3O19. The van der Waals surface area contributed by atoms with Gasteiger partial charge in [-0.3, -0.25) is 38.5 Å². The highest BCUT2D eigenvalue weighted by Gasteiger charge is 2.44. The number of ketones is 3. The van der Waals surface area contributed by atoms with Crippen molar-refractivity contribution in [1.82, 2.24) is 15.5 Å². The molecule has 4 aliphatic rings. The molecule has 1 saturated carbocycles. The van der Waals surface area contributed by atoms with E-state index in [4.69, 9.17) is 28.4 Å². The summed E-state index contributed by atoms with van der Waals surface area (Å²) in [6.07, 6.45) is 6.15. The largest absolute Gasteiger partial charge is 0.394 e. The molecule has 3 fully saturated rings. The first-order valence-electron chi connectivity index (χ1n) is 28.4. The predicted molar refractivity (Wildman–Crippen MR) is 277 cm³/mol. The Labute approximate surface area is 453 Å². The first kappa shape index (κ1) is 65.9. The molecule has 0 bridgehead atoms. The Balaban J connectivity index is 1.10. The van der Waals surface area contributed by atoms with Crippen LogP contribution in [0.3, 0.4) is 0 Å². The van der Waals surface area contributed by atoms with Crippen LogP contribution in [0.25, 0.3) is 0 Å². The first-order chi connectivity index (χ1) is 37.0. The Morgan fingerprint density at radius 1 is 0.597 bits per heavy atom. The van der Waals surface area contributed by atoms with E-state index < -0.39 is 97.8 Å². The van der Waals surface area contributed by atoms with Crippen molar-refractivity contribution in [3.8, 4) is 0 Å². The van der Waals surface area contributed by atoms with Gasteiger partial charge in [0.25, 0.3) is 11.8 Å². The van der Waals surface area contributed by atoms with Crippen molar-refractivity contribution in [1.29, 1.82) is 0 Å². The summed E-state index contributed by atoms with van der Waals surface area (Å²) in [6.45, 7) is 4.50. The summed E-state index contributed by atoms with van der Waals surface area (Å²) in [4.78, 5) is 88.8. The van der Waals surface area contributed by atoms with Crippen LogP contribution in [-0.2, 0) is 62.0 Å². The molecule has 0 spiro atoms. The molecule has 11 atom stereocenters. The summed E-state index contributed by atoms with van der Waals surface area (Å²) in [6, 6.07) is 0. The third-order valence-corrected chi connectivity index (χ3v) is 15.0. The Kier molecular flexibility index (Phi) is 30.7.